The van der Waals surface area contributed by atoms with Crippen LogP contribution in [-0.2, 0) is 17.9 Å². The van der Waals surface area contributed by atoms with Crippen LogP contribution in [0.15, 0.2) is 32.5 Å². The van der Waals surface area contributed by atoms with Gasteiger partial charge in [0.15, 0.2) is 0 Å². The second kappa shape index (κ2) is 10.2. The third-order valence-corrected chi connectivity index (χ3v) is 7.67. The van der Waals surface area contributed by atoms with Gasteiger partial charge < -0.3 is 9.32 Å². The Kier molecular flexibility index (Phi) is 7.29. The molecule has 1 atom stereocenters. The Balaban J connectivity index is 1.85. The number of nitriles is 1. The molecule has 2 fully saturated rings. The van der Waals surface area contributed by atoms with Crippen molar-refractivity contribution in [3.05, 3.63) is 56.1 Å². The van der Waals surface area contributed by atoms with Crippen LogP contribution >= 0.6 is 24.0 Å². The lowest BCUT2D eigenvalue weighted by Gasteiger charge is -2.36. The molecule has 1 amide bonds. The number of thioether (sulfide) groups is 1. The van der Waals surface area contributed by atoms with E-state index in [2.05, 4.69) is 17.9 Å². The number of piperidine rings is 1. The predicted molar refractivity (Wildman–Crippen MR) is 138 cm³/mol. The molecule has 0 radical (unpaired) electrons. The number of nitrogens with zero attached hydrogens (tertiary/aromatic N) is 4. The van der Waals surface area contributed by atoms with Gasteiger partial charge >= 0.3 is 0 Å². The van der Waals surface area contributed by atoms with Crippen LogP contribution in [0.1, 0.15) is 55.6 Å². The van der Waals surface area contributed by atoms with E-state index in [4.69, 9.17) is 16.6 Å². The summed E-state index contributed by atoms with van der Waals surface area (Å²) >= 11 is 6.73. The van der Waals surface area contributed by atoms with Gasteiger partial charge in [0, 0.05) is 25.2 Å². The zero-order chi connectivity index (χ0) is 24.4. The van der Waals surface area contributed by atoms with E-state index in [0.29, 0.717) is 33.0 Å². The van der Waals surface area contributed by atoms with Crippen LogP contribution < -0.4 is 10.5 Å². The van der Waals surface area contributed by atoms with Crippen molar-refractivity contribution in [3.8, 4) is 6.07 Å². The van der Waals surface area contributed by atoms with Gasteiger partial charge in [0.2, 0.25) is 0 Å². The van der Waals surface area contributed by atoms with Crippen LogP contribution in [-0.4, -0.2) is 32.8 Å². The summed E-state index contributed by atoms with van der Waals surface area (Å²) in [4.78, 5) is 30.8. The smallest absolute Gasteiger partial charge is 0.270 e. The highest BCUT2D eigenvalue weighted by atomic mass is 32.2. The standard InChI is InChI=1S/C25H28N4O3S2/c1-4-9-28-22(27-10-5-7-16(2)14-27)19(17(3)20(13-26)23(28)30)12-21-24(31)29(25(33)34-21)15-18-8-6-11-32-18/h6,8,11-12,16H,4-5,7,9-10,14-15H2,1-3H3/b21-12-. The quantitative estimate of drug-likeness (QED) is 0.425. The Hall–Kier alpha value is -2.83. The molecule has 9 heteroatoms. The van der Waals surface area contributed by atoms with Gasteiger partial charge in [-0.2, -0.15) is 5.26 Å². The lowest BCUT2D eigenvalue weighted by atomic mass is 9.98. The van der Waals surface area contributed by atoms with Gasteiger partial charge in [0.25, 0.3) is 11.5 Å². The minimum absolute atomic E-state index is 0.125. The molecule has 178 valence electrons. The lowest BCUT2D eigenvalue weighted by molar-refractivity contribution is -0.122. The summed E-state index contributed by atoms with van der Waals surface area (Å²) < 4.78 is 7.58. The molecular formula is C25H28N4O3S2. The number of furan rings is 1. The molecule has 2 aliphatic heterocycles. The zero-order valence-corrected chi connectivity index (χ0v) is 21.3. The number of amides is 1. The highest BCUT2D eigenvalue weighted by molar-refractivity contribution is 8.26. The van der Waals surface area contributed by atoms with Crippen LogP contribution in [0.4, 0.5) is 5.82 Å². The van der Waals surface area contributed by atoms with E-state index in [0.717, 1.165) is 43.7 Å². The lowest BCUT2D eigenvalue weighted by Crippen LogP contribution is -2.40. The number of carbonyl (C=O) groups is 1. The highest BCUT2D eigenvalue weighted by Crippen LogP contribution is 2.37. The molecule has 4 heterocycles. The fourth-order valence-corrected chi connectivity index (χ4v) is 5.86. The van der Waals surface area contributed by atoms with E-state index in [1.807, 2.05) is 19.1 Å². The van der Waals surface area contributed by atoms with Gasteiger partial charge in [-0.3, -0.25) is 19.1 Å². The zero-order valence-electron chi connectivity index (χ0n) is 19.7. The van der Waals surface area contributed by atoms with Gasteiger partial charge in [0.1, 0.15) is 27.5 Å². The van der Waals surface area contributed by atoms with E-state index in [1.54, 1.807) is 23.8 Å². The second-order valence-corrected chi connectivity index (χ2v) is 10.5. The summed E-state index contributed by atoms with van der Waals surface area (Å²) in [6.45, 7) is 8.46. The number of hydrogen-bond donors (Lipinski definition) is 0. The summed E-state index contributed by atoms with van der Waals surface area (Å²) in [5.74, 6) is 1.75. The highest BCUT2D eigenvalue weighted by Gasteiger charge is 2.34. The molecule has 0 aromatic carbocycles. The predicted octanol–water partition coefficient (Wildman–Crippen LogP) is 4.67. The topological polar surface area (TPSA) is 82.5 Å². The van der Waals surface area contributed by atoms with E-state index < -0.39 is 0 Å². The molecule has 2 saturated heterocycles. The Morgan fingerprint density at radius 1 is 1.38 bits per heavy atom. The summed E-state index contributed by atoms with van der Waals surface area (Å²) in [7, 11) is 0. The largest absolute Gasteiger partial charge is 0.467 e. The SMILES string of the molecule is CCCn1c(N2CCCC(C)C2)c(/C=C2\SC(=S)N(Cc3ccco3)C2=O)c(C)c(C#N)c1=O. The first kappa shape index (κ1) is 24.3. The normalized spacial score (nSPS) is 19.8. The number of carbonyl (C=O) groups excluding carboxylic acids is 1. The van der Waals surface area contributed by atoms with Crippen molar-refractivity contribution in [2.45, 2.75) is 53.1 Å². The molecule has 2 aliphatic rings. The van der Waals surface area contributed by atoms with Gasteiger partial charge in [-0.05, 0) is 55.9 Å². The van der Waals surface area contributed by atoms with Crippen LogP contribution in [0.5, 0.6) is 0 Å². The van der Waals surface area contributed by atoms with Crippen molar-refractivity contribution in [2.24, 2.45) is 5.92 Å². The van der Waals surface area contributed by atoms with E-state index in [1.165, 1.54) is 16.7 Å². The van der Waals surface area contributed by atoms with E-state index in [9.17, 15) is 14.9 Å². The molecule has 34 heavy (non-hydrogen) atoms. The first-order valence-corrected chi connectivity index (χ1v) is 12.8. The van der Waals surface area contributed by atoms with Crippen molar-refractivity contribution in [1.82, 2.24) is 9.47 Å². The average molecular weight is 497 g/mol. The molecule has 0 spiro atoms. The number of aromatic nitrogens is 1. The Bertz CT molecular complexity index is 1240. The van der Waals surface area contributed by atoms with Crippen LogP contribution in [0.25, 0.3) is 6.08 Å². The fraction of sp³-hybridized carbons (Fsp3) is 0.440. The van der Waals surface area contributed by atoms with E-state index >= 15 is 0 Å². The summed E-state index contributed by atoms with van der Waals surface area (Å²) in [5, 5.41) is 9.79. The van der Waals surface area contributed by atoms with Crippen molar-refractivity contribution in [1.29, 1.82) is 5.26 Å². The molecule has 0 aliphatic carbocycles. The third kappa shape index (κ3) is 4.57. The van der Waals surface area contributed by atoms with Crippen LogP contribution in [0, 0.1) is 24.2 Å². The van der Waals surface area contributed by atoms with Crippen molar-refractivity contribution < 1.29 is 9.21 Å². The number of hydrogen-bond acceptors (Lipinski definition) is 7. The third-order valence-electron chi connectivity index (χ3n) is 6.29. The maximum absolute atomic E-state index is 13.3. The minimum Gasteiger partial charge on any atom is -0.467 e. The van der Waals surface area contributed by atoms with Gasteiger partial charge in [-0.25, -0.2) is 0 Å². The van der Waals surface area contributed by atoms with Gasteiger partial charge in [-0.15, -0.1) is 0 Å². The van der Waals surface area contributed by atoms with Crippen LogP contribution in [0.3, 0.4) is 0 Å². The number of pyridine rings is 1. The summed E-state index contributed by atoms with van der Waals surface area (Å²) in [5.41, 5.74) is 1.21. The van der Waals surface area contributed by atoms with Crippen molar-refractivity contribution in [3.63, 3.8) is 0 Å². The van der Waals surface area contributed by atoms with Crippen molar-refractivity contribution >= 4 is 46.1 Å². The molecule has 0 saturated carbocycles. The first-order chi connectivity index (χ1) is 16.3. The van der Waals surface area contributed by atoms with Gasteiger partial charge in [-0.1, -0.05) is 37.8 Å². The van der Waals surface area contributed by atoms with Gasteiger partial charge in [0.05, 0.1) is 17.7 Å². The minimum atomic E-state index is -0.266. The Labute approximate surface area is 209 Å². The molecule has 2 aromatic rings. The maximum atomic E-state index is 13.3. The van der Waals surface area contributed by atoms with E-state index in [-0.39, 0.29) is 23.6 Å². The van der Waals surface area contributed by atoms with Crippen LogP contribution in [0.2, 0.25) is 0 Å². The first-order valence-electron chi connectivity index (χ1n) is 11.6. The Morgan fingerprint density at radius 3 is 2.82 bits per heavy atom. The number of anilines is 1. The monoisotopic (exact) mass is 496 g/mol. The maximum Gasteiger partial charge on any atom is 0.270 e. The average Bonchev–Trinajstić information content (AvgIpc) is 3.41. The molecule has 4 rings (SSSR count). The summed E-state index contributed by atoms with van der Waals surface area (Å²) in [6, 6.07) is 5.69. The molecule has 7 nitrogen and oxygen atoms in total. The van der Waals surface area contributed by atoms with Crippen molar-refractivity contribution in [2.75, 3.05) is 18.0 Å². The summed E-state index contributed by atoms with van der Waals surface area (Å²) in [6.07, 6.45) is 6.32. The molecule has 2 aromatic heterocycles. The Morgan fingerprint density at radius 2 is 2.18 bits per heavy atom. The molecule has 0 bridgehead atoms. The fourth-order valence-electron chi connectivity index (χ4n) is 4.62. The molecule has 1 unspecified atom stereocenters. The molecule has 0 N–H and O–H groups in total. The second-order valence-electron chi connectivity index (χ2n) is 8.85. The molecular weight excluding hydrogens is 468 g/mol. The number of thiocarbonyl (C=S) groups is 1. The number of rotatable bonds is 6.